The summed E-state index contributed by atoms with van der Waals surface area (Å²) in [5, 5.41) is 15.4. The lowest BCUT2D eigenvalue weighted by atomic mass is 10.3. The maximum atomic E-state index is 11.8. The first-order chi connectivity index (χ1) is 9.08. The molecule has 0 aliphatic carbocycles. The Morgan fingerprint density at radius 1 is 1.53 bits per heavy atom. The van der Waals surface area contributed by atoms with E-state index in [9.17, 15) is 9.59 Å². The first-order valence-corrected chi connectivity index (χ1v) is 7.30. The van der Waals surface area contributed by atoms with Gasteiger partial charge in [0, 0.05) is 6.54 Å². The van der Waals surface area contributed by atoms with Crippen molar-refractivity contribution in [3.63, 3.8) is 0 Å². The summed E-state index contributed by atoms with van der Waals surface area (Å²) in [5.41, 5.74) is -0.278. The van der Waals surface area contributed by atoms with Crippen molar-refractivity contribution in [2.75, 3.05) is 25.4 Å². The molecule has 0 aromatic carbocycles. The number of H-pyrrole nitrogens is 1. The molecule has 1 aromatic rings. The van der Waals surface area contributed by atoms with Crippen molar-refractivity contribution < 1.29 is 9.90 Å². The highest BCUT2D eigenvalue weighted by Gasteiger charge is 2.20. The summed E-state index contributed by atoms with van der Waals surface area (Å²) < 4.78 is 1.55. The van der Waals surface area contributed by atoms with Crippen LogP contribution in [0.5, 0.6) is 0 Å². The van der Waals surface area contributed by atoms with Crippen molar-refractivity contribution >= 4 is 17.7 Å². The van der Waals surface area contributed by atoms with Gasteiger partial charge in [-0.05, 0) is 32.9 Å². The van der Waals surface area contributed by atoms with E-state index >= 15 is 0 Å². The van der Waals surface area contributed by atoms with Crippen molar-refractivity contribution in [1.82, 2.24) is 19.7 Å². The highest BCUT2D eigenvalue weighted by Crippen LogP contribution is 2.19. The van der Waals surface area contributed by atoms with Crippen LogP contribution in [0.15, 0.2) is 9.95 Å². The largest absolute Gasteiger partial charge is 0.481 e. The molecule has 2 rings (SSSR count). The molecule has 1 unspecified atom stereocenters. The monoisotopic (exact) mass is 286 g/mol. The lowest BCUT2D eigenvalue weighted by Crippen LogP contribution is -2.31. The number of thioether (sulfide) groups is 1. The zero-order valence-corrected chi connectivity index (χ0v) is 11.7. The third kappa shape index (κ3) is 3.60. The molecule has 1 aliphatic rings. The number of rotatable bonds is 6. The summed E-state index contributed by atoms with van der Waals surface area (Å²) in [7, 11) is 0. The van der Waals surface area contributed by atoms with Crippen LogP contribution >= 0.6 is 11.8 Å². The fourth-order valence-electron chi connectivity index (χ4n) is 2.33. The van der Waals surface area contributed by atoms with Gasteiger partial charge in [-0.25, -0.2) is 9.89 Å². The molecular formula is C11H18N4O3S. The van der Waals surface area contributed by atoms with Gasteiger partial charge in [-0.2, -0.15) is 0 Å². The Labute approximate surface area is 115 Å². The van der Waals surface area contributed by atoms with Crippen LogP contribution in [0.2, 0.25) is 0 Å². The topological polar surface area (TPSA) is 91.2 Å². The van der Waals surface area contributed by atoms with Crippen LogP contribution in [0, 0.1) is 0 Å². The van der Waals surface area contributed by atoms with Gasteiger partial charge in [0.1, 0.15) is 0 Å². The molecule has 7 nitrogen and oxygen atoms in total. The Kier molecular flexibility index (Phi) is 4.65. The molecule has 2 N–H and O–H groups in total. The molecule has 1 aromatic heterocycles. The second-order valence-electron chi connectivity index (χ2n) is 4.72. The van der Waals surface area contributed by atoms with Crippen LogP contribution in [-0.2, 0) is 4.79 Å². The van der Waals surface area contributed by atoms with E-state index in [0.29, 0.717) is 5.16 Å². The number of carboxylic acids is 1. The summed E-state index contributed by atoms with van der Waals surface area (Å²) in [6.07, 6.45) is 2.40. The summed E-state index contributed by atoms with van der Waals surface area (Å²) in [6.45, 7) is 4.88. The van der Waals surface area contributed by atoms with Gasteiger partial charge in [-0.1, -0.05) is 11.8 Å². The van der Waals surface area contributed by atoms with Crippen LogP contribution in [0.1, 0.15) is 25.8 Å². The second-order valence-corrected chi connectivity index (χ2v) is 5.66. The minimum atomic E-state index is -0.917. The predicted octanol–water partition coefficient (Wildman–Crippen LogP) is 0.405. The normalized spacial score (nSPS) is 17.7. The first-order valence-electron chi connectivity index (χ1n) is 6.32. The number of nitrogens with zero attached hydrogens (tertiary/aromatic N) is 3. The van der Waals surface area contributed by atoms with Crippen molar-refractivity contribution in [2.24, 2.45) is 0 Å². The third-order valence-electron chi connectivity index (χ3n) is 3.16. The van der Waals surface area contributed by atoms with E-state index in [-0.39, 0.29) is 17.5 Å². The minimum absolute atomic E-state index is 0.0133. The van der Waals surface area contributed by atoms with Gasteiger partial charge in [0.05, 0.1) is 11.8 Å². The molecule has 0 radical (unpaired) electrons. The summed E-state index contributed by atoms with van der Waals surface area (Å²) in [6, 6.07) is -0.0133. The van der Waals surface area contributed by atoms with Crippen LogP contribution in [0.25, 0.3) is 0 Å². The lowest BCUT2D eigenvalue weighted by molar-refractivity contribution is -0.133. The molecule has 8 heteroatoms. The molecule has 1 atom stereocenters. The Morgan fingerprint density at radius 2 is 2.21 bits per heavy atom. The van der Waals surface area contributed by atoms with Crippen LogP contribution < -0.4 is 5.69 Å². The Balaban J connectivity index is 2.06. The number of aromatic amines is 1. The number of aromatic nitrogens is 3. The molecule has 19 heavy (non-hydrogen) atoms. The van der Waals surface area contributed by atoms with Crippen molar-refractivity contribution in [1.29, 1.82) is 0 Å². The number of hydrogen-bond acceptors (Lipinski definition) is 5. The molecule has 1 fully saturated rings. The van der Waals surface area contributed by atoms with Crippen LogP contribution in [0.4, 0.5) is 0 Å². The third-order valence-corrected chi connectivity index (χ3v) is 4.10. The van der Waals surface area contributed by atoms with E-state index in [4.69, 9.17) is 5.11 Å². The Hall–Kier alpha value is -1.28. The molecule has 1 aliphatic heterocycles. The highest BCUT2D eigenvalue weighted by molar-refractivity contribution is 7.99. The molecule has 0 spiro atoms. The number of aliphatic carboxylic acids is 1. The average Bonchev–Trinajstić information content (AvgIpc) is 2.96. The van der Waals surface area contributed by atoms with Gasteiger partial charge in [-0.15, -0.1) is 5.10 Å². The van der Waals surface area contributed by atoms with Crippen molar-refractivity contribution in [2.45, 2.75) is 31.0 Å². The number of carbonyl (C=O) groups is 1. The van der Waals surface area contributed by atoms with Gasteiger partial charge in [0.25, 0.3) is 0 Å². The molecular weight excluding hydrogens is 268 g/mol. The van der Waals surface area contributed by atoms with E-state index in [1.54, 1.807) is 4.57 Å². The van der Waals surface area contributed by atoms with Crippen LogP contribution in [0.3, 0.4) is 0 Å². The van der Waals surface area contributed by atoms with Crippen LogP contribution in [-0.4, -0.2) is 56.1 Å². The van der Waals surface area contributed by atoms with Gasteiger partial charge in [-0.3, -0.25) is 9.36 Å². The fraction of sp³-hybridized carbons (Fsp3) is 0.727. The fourth-order valence-corrected chi connectivity index (χ4v) is 3.09. The van der Waals surface area contributed by atoms with Crippen molar-refractivity contribution in [3.8, 4) is 0 Å². The van der Waals surface area contributed by atoms with E-state index in [1.165, 1.54) is 12.8 Å². The minimum Gasteiger partial charge on any atom is -0.481 e. The van der Waals surface area contributed by atoms with Gasteiger partial charge in [0.2, 0.25) is 0 Å². The molecule has 0 saturated carbocycles. The quantitative estimate of drug-likeness (QED) is 0.736. The van der Waals surface area contributed by atoms with Gasteiger partial charge >= 0.3 is 11.7 Å². The highest BCUT2D eigenvalue weighted by atomic mass is 32.2. The van der Waals surface area contributed by atoms with Gasteiger partial charge < -0.3 is 10.0 Å². The number of likely N-dealkylation sites (tertiary alicyclic amines) is 1. The van der Waals surface area contributed by atoms with E-state index < -0.39 is 5.97 Å². The molecule has 2 heterocycles. The van der Waals surface area contributed by atoms with Gasteiger partial charge in [0.15, 0.2) is 5.16 Å². The lowest BCUT2D eigenvalue weighted by Gasteiger charge is -2.21. The average molecular weight is 286 g/mol. The van der Waals surface area contributed by atoms with Crippen molar-refractivity contribution in [3.05, 3.63) is 10.5 Å². The predicted molar refractivity (Wildman–Crippen MR) is 71.6 cm³/mol. The van der Waals surface area contributed by atoms with E-state index in [2.05, 4.69) is 15.1 Å². The molecule has 0 amide bonds. The summed E-state index contributed by atoms with van der Waals surface area (Å²) in [4.78, 5) is 24.7. The SMILES string of the molecule is CC(CN1CCCC1)n1c(SCC(=O)O)n[nH]c1=O. The Morgan fingerprint density at radius 3 is 2.84 bits per heavy atom. The maximum absolute atomic E-state index is 11.8. The number of carboxylic acid groups (broad SMARTS) is 1. The molecule has 0 bridgehead atoms. The smallest absolute Gasteiger partial charge is 0.344 e. The zero-order chi connectivity index (χ0) is 13.8. The Bertz CT molecular complexity index is 492. The number of hydrogen-bond donors (Lipinski definition) is 2. The van der Waals surface area contributed by atoms with E-state index in [1.807, 2.05) is 6.92 Å². The first kappa shape index (κ1) is 14.1. The standard InChI is InChI=1S/C11H18N4O3S/c1-8(6-14-4-2-3-5-14)15-10(18)12-13-11(15)19-7-9(16)17/h8H,2-7H2,1H3,(H,12,18)(H,16,17). The number of nitrogens with one attached hydrogen (secondary N) is 1. The molecule has 106 valence electrons. The summed E-state index contributed by atoms with van der Waals surface area (Å²) >= 11 is 1.06. The second kappa shape index (κ2) is 6.25. The maximum Gasteiger partial charge on any atom is 0.344 e. The molecule has 1 saturated heterocycles. The zero-order valence-electron chi connectivity index (χ0n) is 10.8. The summed E-state index contributed by atoms with van der Waals surface area (Å²) in [5.74, 6) is -1.01. The van der Waals surface area contributed by atoms with E-state index in [0.717, 1.165) is 31.4 Å².